The Morgan fingerprint density at radius 1 is 1.10 bits per heavy atom. The molecule has 10 heteroatoms. The molecule has 3 rings (SSSR count). The van der Waals surface area contributed by atoms with Gasteiger partial charge in [0.2, 0.25) is 15.9 Å². The molecule has 0 aromatic heterocycles. The van der Waals surface area contributed by atoms with Crippen molar-refractivity contribution >= 4 is 44.8 Å². The van der Waals surface area contributed by atoms with E-state index >= 15 is 0 Å². The average Bonchev–Trinajstić information content (AvgIpc) is 2.72. The second-order valence-corrected chi connectivity index (χ2v) is 9.95. The molecule has 0 saturated heterocycles. The molecule has 31 heavy (non-hydrogen) atoms. The number of nitrogens with one attached hydrogen (secondary N) is 1. The molecule has 0 spiro atoms. The first kappa shape index (κ1) is 23.5. The lowest BCUT2D eigenvalue weighted by atomic mass is 10.1. The standard InChI is InChI=1S/C21H24Cl2N2O5S/c1-14(15-5-8-19-20(12-15)30-11-10-29-19)24-21(26)4-3-9-25(31(2,27)28)16-6-7-17(22)18(23)13-16/h5-8,12-14H,3-4,9-11H2,1-2H3,(H,24,26). The molecule has 2 aromatic carbocycles. The summed E-state index contributed by atoms with van der Waals surface area (Å²) in [7, 11) is -3.55. The Balaban J connectivity index is 1.57. The van der Waals surface area contributed by atoms with Crippen LogP contribution in [-0.4, -0.2) is 40.3 Å². The van der Waals surface area contributed by atoms with Crippen LogP contribution in [0, 0.1) is 0 Å². The Bertz CT molecular complexity index is 1060. The number of carbonyl (C=O) groups is 1. The van der Waals surface area contributed by atoms with Crippen LogP contribution in [-0.2, 0) is 14.8 Å². The van der Waals surface area contributed by atoms with Crippen LogP contribution < -0.4 is 19.1 Å². The molecule has 7 nitrogen and oxygen atoms in total. The summed E-state index contributed by atoms with van der Waals surface area (Å²) in [6, 6.07) is 9.95. The molecule has 2 aromatic rings. The number of fused-ring (bicyclic) bond motifs is 1. The molecular weight excluding hydrogens is 463 g/mol. The van der Waals surface area contributed by atoms with Crippen LogP contribution in [0.3, 0.4) is 0 Å². The molecular formula is C21H24Cl2N2O5S. The van der Waals surface area contributed by atoms with E-state index in [0.717, 1.165) is 11.8 Å². The number of ether oxygens (including phenoxy) is 2. The zero-order valence-electron chi connectivity index (χ0n) is 17.2. The van der Waals surface area contributed by atoms with Gasteiger partial charge in [-0.1, -0.05) is 29.3 Å². The van der Waals surface area contributed by atoms with E-state index in [-0.39, 0.29) is 29.9 Å². The third kappa shape index (κ3) is 6.18. The van der Waals surface area contributed by atoms with Gasteiger partial charge in [-0.15, -0.1) is 0 Å². The fourth-order valence-electron chi connectivity index (χ4n) is 3.24. The molecule has 1 aliphatic heterocycles. The van der Waals surface area contributed by atoms with Gasteiger partial charge in [0, 0.05) is 13.0 Å². The fraction of sp³-hybridized carbons (Fsp3) is 0.381. The second-order valence-electron chi connectivity index (χ2n) is 7.23. The minimum atomic E-state index is -3.55. The van der Waals surface area contributed by atoms with Crippen molar-refractivity contribution in [3.63, 3.8) is 0 Å². The van der Waals surface area contributed by atoms with E-state index in [4.69, 9.17) is 32.7 Å². The van der Waals surface area contributed by atoms with Gasteiger partial charge in [0.1, 0.15) is 13.2 Å². The minimum absolute atomic E-state index is 0.141. The number of halogens is 2. The van der Waals surface area contributed by atoms with Crippen molar-refractivity contribution in [1.29, 1.82) is 0 Å². The summed E-state index contributed by atoms with van der Waals surface area (Å²) >= 11 is 11.9. The monoisotopic (exact) mass is 486 g/mol. The van der Waals surface area contributed by atoms with Crippen molar-refractivity contribution in [3.8, 4) is 11.5 Å². The van der Waals surface area contributed by atoms with Crippen LogP contribution in [0.25, 0.3) is 0 Å². The lowest BCUT2D eigenvalue weighted by molar-refractivity contribution is -0.121. The summed E-state index contributed by atoms with van der Waals surface area (Å²) in [5, 5.41) is 3.53. The quantitative estimate of drug-likeness (QED) is 0.604. The van der Waals surface area contributed by atoms with Crippen LogP contribution in [0.5, 0.6) is 11.5 Å². The molecule has 168 valence electrons. The van der Waals surface area contributed by atoms with E-state index < -0.39 is 10.0 Å². The highest BCUT2D eigenvalue weighted by molar-refractivity contribution is 7.92. The Labute approximate surface area is 192 Å². The molecule has 1 N–H and O–H groups in total. The van der Waals surface area contributed by atoms with Crippen LogP contribution in [0.1, 0.15) is 31.4 Å². The Morgan fingerprint density at radius 2 is 1.81 bits per heavy atom. The van der Waals surface area contributed by atoms with Crippen molar-refractivity contribution < 1.29 is 22.7 Å². The molecule has 1 atom stereocenters. The number of hydrogen-bond acceptors (Lipinski definition) is 5. The molecule has 0 bridgehead atoms. The largest absolute Gasteiger partial charge is 0.486 e. The average molecular weight is 487 g/mol. The number of benzene rings is 2. The number of nitrogens with zero attached hydrogens (tertiary/aromatic N) is 1. The smallest absolute Gasteiger partial charge is 0.232 e. The maximum atomic E-state index is 12.4. The zero-order chi connectivity index (χ0) is 22.6. The van der Waals surface area contributed by atoms with Crippen molar-refractivity contribution in [2.75, 3.05) is 30.3 Å². The maximum absolute atomic E-state index is 12.4. The van der Waals surface area contributed by atoms with E-state index in [1.54, 1.807) is 12.1 Å². The second kappa shape index (κ2) is 9.97. The van der Waals surface area contributed by atoms with Gasteiger partial charge in [-0.25, -0.2) is 8.42 Å². The molecule has 1 aliphatic rings. The summed E-state index contributed by atoms with van der Waals surface area (Å²) in [5.41, 5.74) is 1.30. The number of anilines is 1. The number of rotatable bonds is 8. The van der Waals surface area contributed by atoms with E-state index in [0.29, 0.717) is 41.8 Å². The van der Waals surface area contributed by atoms with E-state index in [9.17, 15) is 13.2 Å². The van der Waals surface area contributed by atoms with Crippen molar-refractivity contribution in [2.45, 2.75) is 25.8 Å². The van der Waals surface area contributed by atoms with Gasteiger partial charge >= 0.3 is 0 Å². The summed E-state index contributed by atoms with van der Waals surface area (Å²) < 4.78 is 36.7. The Kier molecular flexibility index (Phi) is 7.56. The third-order valence-electron chi connectivity index (χ3n) is 4.80. The third-order valence-corrected chi connectivity index (χ3v) is 6.73. The Morgan fingerprint density at radius 3 is 2.48 bits per heavy atom. The highest BCUT2D eigenvalue weighted by Crippen LogP contribution is 2.32. The van der Waals surface area contributed by atoms with E-state index in [1.165, 1.54) is 10.4 Å². The number of sulfonamides is 1. The van der Waals surface area contributed by atoms with Gasteiger partial charge < -0.3 is 14.8 Å². The first-order valence-electron chi connectivity index (χ1n) is 9.77. The molecule has 0 saturated carbocycles. The van der Waals surface area contributed by atoms with Gasteiger partial charge in [0.25, 0.3) is 0 Å². The van der Waals surface area contributed by atoms with E-state index in [1.807, 2.05) is 25.1 Å². The summed E-state index contributed by atoms with van der Waals surface area (Å²) in [4.78, 5) is 12.4. The SMILES string of the molecule is CC(NC(=O)CCCN(c1ccc(Cl)c(Cl)c1)S(C)(=O)=O)c1ccc2c(c1)OCCO2. The lowest BCUT2D eigenvalue weighted by Gasteiger charge is -2.23. The van der Waals surface area contributed by atoms with Gasteiger partial charge in [-0.3, -0.25) is 9.10 Å². The minimum Gasteiger partial charge on any atom is -0.486 e. The normalized spacial score (nSPS) is 14.1. The summed E-state index contributed by atoms with van der Waals surface area (Å²) in [5.74, 6) is 1.18. The molecule has 1 amide bonds. The number of amides is 1. The summed E-state index contributed by atoms with van der Waals surface area (Å²) in [6.07, 6.45) is 1.62. The molecule has 0 fully saturated rings. The van der Waals surface area contributed by atoms with Gasteiger partial charge in [0.15, 0.2) is 11.5 Å². The van der Waals surface area contributed by atoms with Crippen LogP contribution >= 0.6 is 23.2 Å². The van der Waals surface area contributed by atoms with Crippen LogP contribution in [0.2, 0.25) is 10.0 Å². The lowest BCUT2D eigenvalue weighted by Crippen LogP contribution is -2.32. The maximum Gasteiger partial charge on any atom is 0.232 e. The van der Waals surface area contributed by atoms with Crippen LogP contribution in [0.15, 0.2) is 36.4 Å². The van der Waals surface area contributed by atoms with Gasteiger partial charge in [0.05, 0.1) is 28.0 Å². The van der Waals surface area contributed by atoms with Crippen LogP contribution in [0.4, 0.5) is 5.69 Å². The first-order chi connectivity index (χ1) is 14.6. The molecule has 0 radical (unpaired) electrons. The van der Waals surface area contributed by atoms with Gasteiger partial charge in [-0.2, -0.15) is 0 Å². The summed E-state index contributed by atoms with van der Waals surface area (Å²) in [6.45, 7) is 3.03. The zero-order valence-corrected chi connectivity index (χ0v) is 19.6. The molecule has 1 unspecified atom stereocenters. The van der Waals surface area contributed by atoms with Crippen molar-refractivity contribution in [1.82, 2.24) is 5.32 Å². The Hall–Kier alpha value is -2.16. The van der Waals surface area contributed by atoms with Crippen molar-refractivity contribution in [3.05, 3.63) is 52.0 Å². The highest BCUT2D eigenvalue weighted by atomic mass is 35.5. The fourth-order valence-corrected chi connectivity index (χ4v) is 4.49. The number of carbonyl (C=O) groups excluding carboxylic acids is 1. The highest BCUT2D eigenvalue weighted by Gasteiger charge is 2.20. The predicted octanol–water partition coefficient (Wildman–Crippen LogP) is 4.19. The first-order valence-corrected chi connectivity index (χ1v) is 12.4. The molecule has 0 aliphatic carbocycles. The van der Waals surface area contributed by atoms with E-state index in [2.05, 4.69) is 5.32 Å². The van der Waals surface area contributed by atoms with Crippen molar-refractivity contribution in [2.24, 2.45) is 0 Å². The topological polar surface area (TPSA) is 84.9 Å². The number of hydrogen-bond donors (Lipinski definition) is 1. The predicted molar refractivity (Wildman–Crippen MR) is 122 cm³/mol. The molecule has 1 heterocycles. The van der Waals surface area contributed by atoms with Gasteiger partial charge in [-0.05, 0) is 49.2 Å².